The zero-order chi connectivity index (χ0) is 12.0. The molecule has 16 heavy (non-hydrogen) atoms. The first kappa shape index (κ1) is 13.5. The molecular formula is C13H20ClNO. The molecule has 0 fully saturated rings. The molecule has 0 heterocycles. The molecule has 0 saturated carbocycles. The summed E-state index contributed by atoms with van der Waals surface area (Å²) >= 11 is 6.03. The quantitative estimate of drug-likeness (QED) is 0.772. The highest BCUT2D eigenvalue weighted by molar-refractivity contribution is 6.30. The van der Waals surface area contributed by atoms with Crippen LogP contribution < -0.4 is 5.32 Å². The number of nitrogens with one attached hydrogen (secondary N) is 1. The minimum Gasteiger partial charge on any atom is -0.385 e. The van der Waals surface area contributed by atoms with Crippen LogP contribution in [0.4, 0.5) is 0 Å². The van der Waals surface area contributed by atoms with Gasteiger partial charge < -0.3 is 10.1 Å². The van der Waals surface area contributed by atoms with E-state index in [2.05, 4.69) is 18.3 Å². The zero-order valence-electron chi connectivity index (χ0n) is 10.2. The molecule has 0 aliphatic heterocycles. The van der Waals surface area contributed by atoms with Gasteiger partial charge in [0, 0.05) is 24.8 Å². The maximum atomic E-state index is 6.03. The van der Waals surface area contributed by atoms with E-state index in [4.69, 9.17) is 16.3 Å². The first-order chi connectivity index (χ1) is 7.69. The second kappa shape index (κ2) is 6.89. The van der Waals surface area contributed by atoms with Crippen LogP contribution in [0.3, 0.4) is 0 Å². The van der Waals surface area contributed by atoms with Crippen LogP contribution in [0.15, 0.2) is 18.2 Å². The summed E-state index contributed by atoms with van der Waals surface area (Å²) in [6.45, 7) is 2.92. The largest absolute Gasteiger partial charge is 0.385 e. The number of aryl methyl sites for hydroxylation is 1. The number of ether oxygens (including phenoxy) is 1. The van der Waals surface area contributed by atoms with Gasteiger partial charge in [-0.3, -0.25) is 0 Å². The van der Waals surface area contributed by atoms with Gasteiger partial charge in [0.05, 0.1) is 0 Å². The summed E-state index contributed by atoms with van der Waals surface area (Å²) in [4.78, 5) is 0. The van der Waals surface area contributed by atoms with Crippen molar-refractivity contribution >= 4 is 11.6 Å². The second-order valence-electron chi connectivity index (χ2n) is 3.98. The maximum Gasteiger partial charge on any atom is 0.0462 e. The van der Waals surface area contributed by atoms with Crippen molar-refractivity contribution in [3.8, 4) is 0 Å². The molecule has 1 rings (SSSR count). The standard InChI is InChI=1S/C13H20ClNO/c1-10-6-7-11(14)9-12(10)13(15-2)5-4-8-16-3/h6-7,9,13,15H,4-5,8H2,1-3H3. The van der Waals surface area contributed by atoms with Crippen LogP contribution in [0, 0.1) is 6.92 Å². The highest BCUT2D eigenvalue weighted by Crippen LogP contribution is 2.24. The molecule has 0 aromatic heterocycles. The van der Waals surface area contributed by atoms with E-state index in [9.17, 15) is 0 Å². The van der Waals surface area contributed by atoms with Gasteiger partial charge in [0.1, 0.15) is 0 Å². The molecule has 1 N–H and O–H groups in total. The lowest BCUT2D eigenvalue weighted by atomic mass is 9.98. The smallest absolute Gasteiger partial charge is 0.0462 e. The fraction of sp³-hybridized carbons (Fsp3) is 0.538. The highest BCUT2D eigenvalue weighted by Gasteiger charge is 2.11. The number of halogens is 1. The number of hydrogen-bond donors (Lipinski definition) is 1. The van der Waals surface area contributed by atoms with Crippen molar-refractivity contribution in [2.45, 2.75) is 25.8 Å². The molecule has 2 nitrogen and oxygen atoms in total. The summed E-state index contributed by atoms with van der Waals surface area (Å²) in [5, 5.41) is 4.13. The second-order valence-corrected chi connectivity index (χ2v) is 4.41. The molecule has 1 unspecified atom stereocenters. The van der Waals surface area contributed by atoms with Gasteiger partial charge >= 0.3 is 0 Å². The number of rotatable bonds is 6. The van der Waals surface area contributed by atoms with E-state index in [-0.39, 0.29) is 0 Å². The predicted molar refractivity (Wildman–Crippen MR) is 69.1 cm³/mol. The first-order valence-electron chi connectivity index (χ1n) is 5.61. The SMILES string of the molecule is CNC(CCCOC)c1cc(Cl)ccc1C. The number of benzene rings is 1. The third-order valence-corrected chi connectivity index (χ3v) is 3.04. The Kier molecular flexibility index (Phi) is 5.81. The Balaban J connectivity index is 2.73. The molecule has 0 bridgehead atoms. The van der Waals surface area contributed by atoms with E-state index in [0.717, 1.165) is 24.5 Å². The van der Waals surface area contributed by atoms with E-state index in [0.29, 0.717) is 6.04 Å². The van der Waals surface area contributed by atoms with Crippen LogP contribution in [0.25, 0.3) is 0 Å². The molecule has 0 aliphatic rings. The van der Waals surface area contributed by atoms with Gasteiger partial charge in [-0.25, -0.2) is 0 Å². The van der Waals surface area contributed by atoms with Crippen LogP contribution in [0.1, 0.15) is 30.0 Å². The van der Waals surface area contributed by atoms with Crippen LogP contribution in [0.5, 0.6) is 0 Å². The van der Waals surface area contributed by atoms with E-state index >= 15 is 0 Å². The lowest BCUT2D eigenvalue weighted by molar-refractivity contribution is 0.189. The van der Waals surface area contributed by atoms with Gasteiger partial charge in [0.15, 0.2) is 0 Å². The molecule has 0 saturated heterocycles. The molecule has 0 spiro atoms. The summed E-state index contributed by atoms with van der Waals surface area (Å²) in [5.74, 6) is 0. The van der Waals surface area contributed by atoms with Crippen molar-refractivity contribution in [1.29, 1.82) is 0 Å². The third-order valence-electron chi connectivity index (χ3n) is 2.81. The van der Waals surface area contributed by atoms with Crippen molar-refractivity contribution in [2.24, 2.45) is 0 Å². The molecule has 1 aromatic carbocycles. The summed E-state index contributed by atoms with van der Waals surface area (Å²) in [6, 6.07) is 6.40. The summed E-state index contributed by atoms with van der Waals surface area (Å²) in [5.41, 5.74) is 2.56. The van der Waals surface area contributed by atoms with Crippen LogP contribution >= 0.6 is 11.6 Å². The summed E-state index contributed by atoms with van der Waals surface area (Å²) in [6.07, 6.45) is 2.11. The molecule has 0 amide bonds. The maximum absolute atomic E-state index is 6.03. The normalized spacial score (nSPS) is 12.8. The predicted octanol–water partition coefficient (Wildman–Crippen LogP) is 3.34. The zero-order valence-corrected chi connectivity index (χ0v) is 11.0. The number of methoxy groups -OCH3 is 1. The molecule has 1 aromatic rings. The Morgan fingerprint density at radius 1 is 1.44 bits per heavy atom. The van der Waals surface area contributed by atoms with Crippen molar-refractivity contribution in [3.05, 3.63) is 34.3 Å². The fourth-order valence-electron chi connectivity index (χ4n) is 1.87. The van der Waals surface area contributed by atoms with Crippen LogP contribution in [-0.2, 0) is 4.74 Å². The highest BCUT2D eigenvalue weighted by atomic mass is 35.5. The molecule has 3 heteroatoms. The molecular weight excluding hydrogens is 222 g/mol. The van der Waals surface area contributed by atoms with Gasteiger partial charge in [0.2, 0.25) is 0 Å². The Bertz CT molecular complexity index is 328. The average molecular weight is 242 g/mol. The first-order valence-corrected chi connectivity index (χ1v) is 5.99. The van der Waals surface area contributed by atoms with Crippen LogP contribution in [0.2, 0.25) is 5.02 Å². The van der Waals surface area contributed by atoms with Crippen molar-refractivity contribution in [3.63, 3.8) is 0 Å². The van der Waals surface area contributed by atoms with Crippen LogP contribution in [-0.4, -0.2) is 20.8 Å². The molecule has 1 atom stereocenters. The fourth-order valence-corrected chi connectivity index (χ4v) is 2.05. The average Bonchev–Trinajstić information content (AvgIpc) is 2.28. The topological polar surface area (TPSA) is 21.3 Å². The van der Waals surface area contributed by atoms with Crippen molar-refractivity contribution < 1.29 is 4.74 Å². The lowest BCUT2D eigenvalue weighted by Gasteiger charge is -2.19. The Morgan fingerprint density at radius 3 is 2.81 bits per heavy atom. The molecule has 90 valence electrons. The summed E-state index contributed by atoms with van der Waals surface area (Å²) < 4.78 is 5.07. The Hall–Kier alpha value is -0.570. The Morgan fingerprint density at radius 2 is 2.19 bits per heavy atom. The minimum atomic E-state index is 0.355. The number of hydrogen-bond acceptors (Lipinski definition) is 2. The van der Waals surface area contributed by atoms with Gasteiger partial charge in [-0.1, -0.05) is 17.7 Å². The molecule has 0 aliphatic carbocycles. The monoisotopic (exact) mass is 241 g/mol. The van der Waals surface area contributed by atoms with Gasteiger partial charge in [-0.2, -0.15) is 0 Å². The van der Waals surface area contributed by atoms with Gasteiger partial charge in [0.25, 0.3) is 0 Å². The minimum absolute atomic E-state index is 0.355. The van der Waals surface area contributed by atoms with Crippen molar-refractivity contribution in [2.75, 3.05) is 20.8 Å². The van der Waals surface area contributed by atoms with E-state index < -0.39 is 0 Å². The van der Waals surface area contributed by atoms with E-state index in [1.807, 2.05) is 19.2 Å². The van der Waals surface area contributed by atoms with E-state index in [1.165, 1.54) is 11.1 Å². The van der Waals surface area contributed by atoms with Gasteiger partial charge in [-0.05, 0) is 50.1 Å². The third kappa shape index (κ3) is 3.78. The summed E-state index contributed by atoms with van der Waals surface area (Å²) in [7, 11) is 3.72. The van der Waals surface area contributed by atoms with Crippen molar-refractivity contribution in [1.82, 2.24) is 5.32 Å². The van der Waals surface area contributed by atoms with E-state index in [1.54, 1.807) is 7.11 Å². The lowest BCUT2D eigenvalue weighted by Crippen LogP contribution is -2.18. The molecule has 0 radical (unpaired) electrons. The Labute approximate surface area is 103 Å². The van der Waals surface area contributed by atoms with Gasteiger partial charge in [-0.15, -0.1) is 0 Å².